The first-order valence-electron chi connectivity index (χ1n) is 6.45. The highest BCUT2D eigenvalue weighted by molar-refractivity contribution is 7.89. The first kappa shape index (κ1) is 15.9. The number of anilines is 2. The highest BCUT2D eigenvalue weighted by Crippen LogP contribution is 2.22. The van der Waals surface area contributed by atoms with E-state index in [2.05, 4.69) is 9.97 Å². The molecule has 2 rings (SSSR count). The van der Waals surface area contributed by atoms with Crippen LogP contribution in [0.5, 0.6) is 0 Å². The summed E-state index contributed by atoms with van der Waals surface area (Å²) in [6.07, 6.45) is 0.913. The van der Waals surface area contributed by atoms with Crippen LogP contribution in [0.25, 0.3) is 0 Å². The van der Waals surface area contributed by atoms with E-state index in [-0.39, 0.29) is 5.95 Å². The van der Waals surface area contributed by atoms with Crippen LogP contribution in [-0.2, 0) is 10.0 Å². The molecule has 2 aromatic rings. The van der Waals surface area contributed by atoms with Gasteiger partial charge in [-0.1, -0.05) is 18.2 Å². The molecule has 0 spiro atoms. The standard InChI is InChI=1S/C14H16N4O3S/c1-10-9-11(2)16-13(15-10)18(12-7-5-4-6-8-12)14(19)17-22(3,20)21/h4-9H,1-3H3,(H,17,19). The summed E-state index contributed by atoms with van der Waals surface area (Å²) < 4.78 is 24.6. The first-order chi connectivity index (χ1) is 10.3. The fourth-order valence-electron chi connectivity index (χ4n) is 1.91. The third kappa shape index (κ3) is 4.01. The van der Waals surface area contributed by atoms with Crippen molar-refractivity contribution in [2.24, 2.45) is 0 Å². The maximum absolute atomic E-state index is 12.3. The topological polar surface area (TPSA) is 92.3 Å². The molecule has 0 bridgehead atoms. The predicted octanol–water partition coefficient (Wildman–Crippen LogP) is 1.90. The Hall–Kier alpha value is -2.48. The SMILES string of the molecule is Cc1cc(C)nc(N(C(=O)NS(C)(=O)=O)c2ccccc2)n1. The van der Waals surface area contributed by atoms with Gasteiger partial charge in [0.2, 0.25) is 16.0 Å². The van der Waals surface area contributed by atoms with Crippen molar-refractivity contribution in [3.05, 3.63) is 47.8 Å². The lowest BCUT2D eigenvalue weighted by atomic mass is 10.3. The van der Waals surface area contributed by atoms with Crippen LogP contribution in [0.3, 0.4) is 0 Å². The van der Waals surface area contributed by atoms with Gasteiger partial charge in [-0.05, 0) is 32.0 Å². The second kappa shape index (κ2) is 6.10. The third-order valence-corrected chi connectivity index (χ3v) is 3.21. The van der Waals surface area contributed by atoms with Crippen LogP contribution in [0.15, 0.2) is 36.4 Å². The maximum Gasteiger partial charge on any atom is 0.342 e. The van der Waals surface area contributed by atoms with E-state index in [9.17, 15) is 13.2 Å². The second-order valence-electron chi connectivity index (χ2n) is 4.80. The minimum Gasteiger partial charge on any atom is -0.247 e. The van der Waals surface area contributed by atoms with Gasteiger partial charge in [0.25, 0.3) is 0 Å². The molecule has 7 nitrogen and oxygen atoms in total. The summed E-state index contributed by atoms with van der Waals surface area (Å²) in [6.45, 7) is 3.55. The monoisotopic (exact) mass is 320 g/mol. The number of carbonyl (C=O) groups is 1. The molecule has 0 radical (unpaired) electrons. The summed E-state index contributed by atoms with van der Waals surface area (Å²) in [4.78, 5) is 21.9. The van der Waals surface area contributed by atoms with Crippen LogP contribution in [0.4, 0.5) is 16.4 Å². The van der Waals surface area contributed by atoms with Crippen molar-refractivity contribution >= 4 is 27.7 Å². The molecule has 0 aliphatic carbocycles. The third-order valence-electron chi connectivity index (χ3n) is 2.66. The molecule has 8 heteroatoms. The second-order valence-corrected chi connectivity index (χ2v) is 6.55. The van der Waals surface area contributed by atoms with Crippen LogP contribution in [0.2, 0.25) is 0 Å². The summed E-state index contributed by atoms with van der Waals surface area (Å²) in [5.41, 5.74) is 1.82. The van der Waals surface area contributed by atoms with E-state index in [0.717, 1.165) is 11.2 Å². The van der Waals surface area contributed by atoms with Crippen molar-refractivity contribution in [2.75, 3.05) is 11.2 Å². The molecule has 1 aromatic heterocycles. The van der Waals surface area contributed by atoms with E-state index in [1.54, 1.807) is 50.2 Å². The van der Waals surface area contributed by atoms with Crippen molar-refractivity contribution in [2.45, 2.75) is 13.8 Å². The Balaban J connectivity index is 2.53. The molecule has 1 aromatic carbocycles. The highest BCUT2D eigenvalue weighted by Gasteiger charge is 2.23. The summed E-state index contributed by atoms with van der Waals surface area (Å²) in [5.74, 6) is 0.116. The van der Waals surface area contributed by atoms with Crippen molar-refractivity contribution in [3.63, 3.8) is 0 Å². The number of hydrogen-bond acceptors (Lipinski definition) is 5. The van der Waals surface area contributed by atoms with Crippen LogP contribution in [0, 0.1) is 13.8 Å². The van der Waals surface area contributed by atoms with Gasteiger partial charge in [-0.3, -0.25) is 0 Å². The Kier molecular flexibility index (Phi) is 4.41. The van der Waals surface area contributed by atoms with Gasteiger partial charge >= 0.3 is 6.03 Å². The maximum atomic E-state index is 12.3. The number of urea groups is 1. The summed E-state index contributed by atoms with van der Waals surface area (Å²) in [7, 11) is -3.70. The smallest absolute Gasteiger partial charge is 0.247 e. The van der Waals surface area contributed by atoms with Gasteiger partial charge in [0.1, 0.15) is 0 Å². The fraction of sp³-hybridized carbons (Fsp3) is 0.214. The number of aromatic nitrogens is 2. The first-order valence-corrected chi connectivity index (χ1v) is 8.34. The zero-order valence-electron chi connectivity index (χ0n) is 12.4. The number of sulfonamides is 1. The number of para-hydroxylation sites is 1. The molecule has 0 unspecified atom stereocenters. The lowest BCUT2D eigenvalue weighted by Gasteiger charge is -2.21. The van der Waals surface area contributed by atoms with Crippen LogP contribution >= 0.6 is 0 Å². The van der Waals surface area contributed by atoms with E-state index < -0.39 is 16.1 Å². The van der Waals surface area contributed by atoms with Gasteiger partial charge in [0.05, 0.1) is 11.9 Å². The molecular formula is C14H16N4O3S. The van der Waals surface area contributed by atoms with E-state index in [4.69, 9.17) is 0 Å². The van der Waals surface area contributed by atoms with Crippen LogP contribution < -0.4 is 9.62 Å². The number of carbonyl (C=O) groups excluding carboxylic acids is 1. The Morgan fingerprint density at radius 2 is 1.64 bits per heavy atom. The lowest BCUT2D eigenvalue weighted by Crippen LogP contribution is -2.40. The number of hydrogen-bond donors (Lipinski definition) is 1. The Morgan fingerprint density at radius 1 is 1.09 bits per heavy atom. The molecule has 1 N–H and O–H groups in total. The van der Waals surface area contributed by atoms with Crippen molar-refractivity contribution in [1.29, 1.82) is 0 Å². The fourth-order valence-corrected chi connectivity index (χ4v) is 2.32. The molecule has 116 valence electrons. The quantitative estimate of drug-likeness (QED) is 0.932. The van der Waals surface area contributed by atoms with Gasteiger partial charge < -0.3 is 0 Å². The molecule has 2 amide bonds. The van der Waals surface area contributed by atoms with Crippen molar-refractivity contribution in [3.8, 4) is 0 Å². The lowest BCUT2D eigenvalue weighted by molar-refractivity contribution is 0.253. The van der Waals surface area contributed by atoms with E-state index in [1.807, 2.05) is 4.72 Å². The number of nitrogens with zero attached hydrogens (tertiary/aromatic N) is 3. The number of rotatable bonds is 3. The van der Waals surface area contributed by atoms with E-state index in [0.29, 0.717) is 17.1 Å². The molecular weight excluding hydrogens is 304 g/mol. The van der Waals surface area contributed by atoms with Crippen molar-refractivity contribution in [1.82, 2.24) is 14.7 Å². The summed E-state index contributed by atoms with van der Waals surface area (Å²) in [5, 5.41) is 0. The number of benzene rings is 1. The van der Waals surface area contributed by atoms with E-state index >= 15 is 0 Å². The molecule has 0 atom stereocenters. The van der Waals surface area contributed by atoms with Gasteiger partial charge in [0.15, 0.2) is 0 Å². The predicted molar refractivity (Wildman–Crippen MR) is 83.5 cm³/mol. The number of amides is 2. The normalized spacial score (nSPS) is 11.0. The van der Waals surface area contributed by atoms with Gasteiger partial charge in [-0.25, -0.2) is 32.8 Å². The molecule has 22 heavy (non-hydrogen) atoms. The van der Waals surface area contributed by atoms with Gasteiger partial charge in [0, 0.05) is 11.4 Å². The highest BCUT2D eigenvalue weighted by atomic mass is 32.2. The van der Waals surface area contributed by atoms with Gasteiger partial charge in [-0.15, -0.1) is 0 Å². The molecule has 0 aliphatic rings. The summed E-state index contributed by atoms with van der Waals surface area (Å²) >= 11 is 0. The molecule has 0 fully saturated rings. The number of nitrogens with one attached hydrogen (secondary N) is 1. The average molecular weight is 320 g/mol. The van der Waals surface area contributed by atoms with Gasteiger partial charge in [-0.2, -0.15) is 0 Å². The Morgan fingerprint density at radius 3 is 2.14 bits per heavy atom. The number of aryl methyl sites for hydroxylation is 2. The molecule has 0 saturated carbocycles. The minimum absolute atomic E-state index is 0.116. The Bertz CT molecular complexity index is 771. The molecule has 0 aliphatic heterocycles. The zero-order chi connectivity index (χ0) is 16.3. The molecule has 0 saturated heterocycles. The van der Waals surface area contributed by atoms with Crippen LogP contribution in [-0.4, -0.2) is 30.7 Å². The zero-order valence-corrected chi connectivity index (χ0v) is 13.3. The van der Waals surface area contributed by atoms with Crippen LogP contribution in [0.1, 0.15) is 11.4 Å². The largest absolute Gasteiger partial charge is 0.342 e. The summed E-state index contributed by atoms with van der Waals surface area (Å²) in [6, 6.07) is 9.53. The Labute approximate surface area is 129 Å². The minimum atomic E-state index is -3.70. The average Bonchev–Trinajstić information content (AvgIpc) is 2.36. The van der Waals surface area contributed by atoms with E-state index in [1.165, 1.54) is 0 Å². The molecule has 1 heterocycles. The van der Waals surface area contributed by atoms with Crippen molar-refractivity contribution < 1.29 is 13.2 Å².